The van der Waals surface area contributed by atoms with Crippen LogP contribution in [-0.2, 0) is 6.42 Å². The van der Waals surface area contributed by atoms with E-state index in [1.54, 1.807) is 11.3 Å². The number of rotatable bonds is 4. The largest absolute Gasteiger partial charge is 0.309 e. The van der Waals surface area contributed by atoms with Gasteiger partial charge in [0.2, 0.25) is 0 Å². The fourth-order valence-electron chi connectivity index (χ4n) is 2.43. The number of hydrogen-bond donors (Lipinski definition) is 1. The van der Waals surface area contributed by atoms with Gasteiger partial charge in [0.1, 0.15) is 0 Å². The molecule has 96 valence electrons. The third-order valence-electron chi connectivity index (χ3n) is 4.05. The smallest absolute Gasteiger partial charge is 0.0278 e. The first-order chi connectivity index (χ1) is 8.13. The van der Waals surface area contributed by atoms with Crippen molar-refractivity contribution in [3.8, 4) is 0 Å². The standard InChI is InChI=1S/C14H24N2S/c1-4-14(3)11-16(12(2)9-15-14)7-5-13-6-8-17-10-13/h6,8,10,12,15H,4-5,7,9,11H2,1-3H3. The normalized spacial score (nSPS) is 30.6. The van der Waals surface area contributed by atoms with Crippen molar-refractivity contribution in [3.63, 3.8) is 0 Å². The minimum atomic E-state index is 0.307. The Kier molecular flexibility index (Phi) is 4.23. The van der Waals surface area contributed by atoms with Crippen LogP contribution in [0.3, 0.4) is 0 Å². The van der Waals surface area contributed by atoms with E-state index in [1.165, 1.54) is 31.5 Å². The van der Waals surface area contributed by atoms with Crippen molar-refractivity contribution in [2.24, 2.45) is 0 Å². The van der Waals surface area contributed by atoms with E-state index in [-0.39, 0.29) is 0 Å². The second kappa shape index (κ2) is 5.51. The number of nitrogens with one attached hydrogen (secondary N) is 1. The maximum absolute atomic E-state index is 3.68. The van der Waals surface area contributed by atoms with Gasteiger partial charge in [-0.25, -0.2) is 0 Å². The molecule has 0 amide bonds. The van der Waals surface area contributed by atoms with E-state index in [0.717, 1.165) is 6.54 Å². The summed E-state index contributed by atoms with van der Waals surface area (Å²) in [5, 5.41) is 8.12. The topological polar surface area (TPSA) is 15.3 Å². The van der Waals surface area contributed by atoms with E-state index >= 15 is 0 Å². The van der Waals surface area contributed by atoms with E-state index in [2.05, 4.69) is 47.8 Å². The molecule has 2 heterocycles. The van der Waals surface area contributed by atoms with Crippen LogP contribution in [0.2, 0.25) is 0 Å². The molecular weight excluding hydrogens is 228 g/mol. The van der Waals surface area contributed by atoms with E-state index in [1.807, 2.05) is 0 Å². The maximum Gasteiger partial charge on any atom is 0.0278 e. The molecule has 0 aromatic carbocycles. The van der Waals surface area contributed by atoms with Gasteiger partial charge in [-0.05, 0) is 49.1 Å². The average Bonchev–Trinajstić information content (AvgIpc) is 2.84. The zero-order valence-corrected chi connectivity index (χ0v) is 12.0. The molecule has 0 radical (unpaired) electrons. The van der Waals surface area contributed by atoms with Gasteiger partial charge < -0.3 is 5.32 Å². The van der Waals surface area contributed by atoms with Gasteiger partial charge in [0, 0.05) is 31.2 Å². The minimum absolute atomic E-state index is 0.307. The Bertz CT molecular complexity index is 336. The first kappa shape index (κ1) is 13.1. The van der Waals surface area contributed by atoms with Crippen LogP contribution in [0.4, 0.5) is 0 Å². The summed E-state index contributed by atoms with van der Waals surface area (Å²) in [6.45, 7) is 10.4. The predicted molar refractivity (Wildman–Crippen MR) is 75.8 cm³/mol. The van der Waals surface area contributed by atoms with E-state index in [9.17, 15) is 0 Å². The SMILES string of the molecule is CCC1(C)CN(CCc2ccsc2)C(C)CN1. The second-order valence-electron chi connectivity index (χ2n) is 5.50. The summed E-state index contributed by atoms with van der Waals surface area (Å²) in [7, 11) is 0. The van der Waals surface area contributed by atoms with Crippen molar-refractivity contribution in [2.45, 2.75) is 45.2 Å². The molecule has 3 heteroatoms. The third kappa shape index (κ3) is 3.30. The van der Waals surface area contributed by atoms with Gasteiger partial charge in [-0.2, -0.15) is 11.3 Å². The number of thiophene rings is 1. The highest BCUT2D eigenvalue weighted by molar-refractivity contribution is 7.07. The van der Waals surface area contributed by atoms with E-state index < -0.39 is 0 Å². The molecule has 2 nitrogen and oxygen atoms in total. The summed E-state index contributed by atoms with van der Waals surface area (Å²) in [6, 6.07) is 2.91. The molecule has 17 heavy (non-hydrogen) atoms. The van der Waals surface area contributed by atoms with Gasteiger partial charge in [-0.3, -0.25) is 4.90 Å². The van der Waals surface area contributed by atoms with Crippen molar-refractivity contribution in [2.75, 3.05) is 19.6 Å². The summed E-state index contributed by atoms with van der Waals surface area (Å²) < 4.78 is 0. The molecule has 1 aromatic rings. The fraction of sp³-hybridized carbons (Fsp3) is 0.714. The van der Waals surface area contributed by atoms with Crippen molar-refractivity contribution >= 4 is 11.3 Å². The Hall–Kier alpha value is -0.380. The highest BCUT2D eigenvalue weighted by Gasteiger charge is 2.31. The molecule has 1 saturated heterocycles. The molecule has 1 fully saturated rings. The van der Waals surface area contributed by atoms with Crippen molar-refractivity contribution < 1.29 is 0 Å². The van der Waals surface area contributed by atoms with Crippen LogP contribution in [0.5, 0.6) is 0 Å². The molecule has 0 bridgehead atoms. The van der Waals surface area contributed by atoms with Crippen LogP contribution in [0, 0.1) is 0 Å². The first-order valence-electron chi connectivity index (χ1n) is 6.63. The molecule has 1 aromatic heterocycles. The Morgan fingerprint density at radius 2 is 2.41 bits per heavy atom. The van der Waals surface area contributed by atoms with Crippen LogP contribution >= 0.6 is 11.3 Å². The Labute approximate surface area is 109 Å². The van der Waals surface area contributed by atoms with Crippen LogP contribution in [-0.4, -0.2) is 36.1 Å². The van der Waals surface area contributed by atoms with Gasteiger partial charge in [-0.1, -0.05) is 6.92 Å². The lowest BCUT2D eigenvalue weighted by atomic mass is 9.93. The zero-order valence-electron chi connectivity index (χ0n) is 11.2. The summed E-state index contributed by atoms with van der Waals surface area (Å²) in [5.74, 6) is 0. The second-order valence-corrected chi connectivity index (χ2v) is 6.28. The lowest BCUT2D eigenvalue weighted by molar-refractivity contribution is 0.0944. The van der Waals surface area contributed by atoms with Gasteiger partial charge >= 0.3 is 0 Å². The Morgan fingerprint density at radius 3 is 3.06 bits per heavy atom. The lowest BCUT2D eigenvalue weighted by Crippen LogP contribution is -2.62. The molecule has 0 aliphatic carbocycles. The molecule has 1 aliphatic heterocycles. The van der Waals surface area contributed by atoms with Crippen LogP contribution in [0.15, 0.2) is 16.8 Å². The van der Waals surface area contributed by atoms with Crippen LogP contribution in [0.1, 0.15) is 32.8 Å². The molecule has 2 atom stereocenters. The van der Waals surface area contributed by atoms with E-state index in [4.69, 9.17) is 0 Å². The highest BCUT2D eigenvalue weighted by Crippen LogP contribution is 2.19. The zero-order chi connectivity index (χ0) is 12.3. The quantitative estimate of drug-likeness (QED) is 0.886. The molecule has 0 saturated carbocycles. The molecule has 0 spiro atoms. The Morgan fingerprint density at radius 1 is 1.59 bits per heavy atom. The summed E-state index contributed by atoms with van der Waals surface area (Å²) >= 11 is 1.80. The summed E-state index contributed by atoms with van der Waals surface area (Å²) in [5.41, 5.74) is 1.79. The van der Waals surface area contributed by atoms with E-state index in [0.29, 0.717) is 11.6 Å². The fourth-order valence-corrected chi connectivity index (χ4v) is 3.13. The maximum atomic E-state index is 3.68. The molecule has 2 unspecified atom stereocenters. The monoisotopic (exact) mass is 252 g/mol. The van der Waals surface area contributed by atoms with Gasteiger partial charge in [0.25, 0.3) is 0 Å². The summed E-state index contributed by atoms with van der Waals surface area (Å²) in [4.78, 5) is 2.64. The average molecular weight is 252 g/mol. The molecule has 1 N–H and O–H groups in total. The molecule has 1 aliphatic rings. The summed E-state index contributed by atoms with van der Waals surface area (Å²) in [6.07, 6.45) is 2.39. The number of piperazine rings is 1. The van der Waals surface area contributed by atoms with Crippen molar-refractivity contribution in [1.29, 1.82) is 0 Å². The van der Waals surface area contributed by atoms with Crippen LogP contribution in [0.25, 0.3) is 0 Å². The highest BCUT2D eigenvalue weighted by atomic mass is 32.1. The first-order valence-corrected chi connectivity index (χ1v) is 7.57. The predicted octanol–water partition coefficient (Wildman–Crippen LogP) is 2.75. The number of nitrogens with zero attached hydrogens (tertiary/aromatic N) is 1. The van der Waals surface area contributed by atoms with Crippen molar-refractivity contribution in [1.82, 2.24) is 10.2 Å². The molecule has 2 rings (SSSR count). The molecular formula is C14H24N2S. The number of hydrogen-bond acceptors (Lipinski definition) is 3. The van der Waals surface area contributed by atoms with Gasteiger partial charge in [0.05, 0.1) is 0 Å². The minimum Gasteiger partial charge on any atom is -0.309 e. The van der Waals surface area contributed by atoms with Crippen molar-refractivity contribution in [3.05, 3.63) is 22.4 Å². The van der Waals surface area contributed by atoms with Crippen LogP contribution < -0.4 is 5.32 Å². The Balaban J connectivity index is 1.89. The van der Waals surface area contributed by atoms with Gasteiger partial charge in [0.15, 0.2) is 0 Å². The third-order valence-corrected chi connectivity index (χ3v) is 4.78. The lowest BCUT2D eigenvalue weighted by Gasteiger charge is -2.45. The van der Waals surface area contributed by atoms with Gasteiger partial charge in [-0.15, -0.1) is 0 Å².